The first-order valence-corrected chi connectivity index (χ1v) is 5.88. The van der Waals surface area contributed by atoms with Gasteiger partial charge in [0.05, 0.1) is 12.8 Å². The van der Waals surface area contributed by atoms with Crippen molar-refractivity contribution in [2.45, 2.75) is 18.8 Å². The third-order valence-electron chi connectivity index (χ3n) is 2.98. The summed E-state index contributed by atoms with van der Waals surface area (Å²) in [5, 5.41) is 0. The van der Waals surface area contributed by atoms with E-state index in [0.717, 1.165) is 24.1 Å². The Balaban J connectivity index is 2.01. The lowest BCUT2D eigenvalue weighted by Crippen LogP contribution is -2.10. The lowest BCUT2D eigenvalue weighted by atomic mass is 10.2. The van der Waals surface area contributed by atoms with Crippen LogP contribution in [0.15, 0.2) is 29.2 Å². The zero-order valence-electron chi connectivity index (χ0n) is 10.0. The van der Waals surface area contributed by atoms with Crippen LogP contribution in [-0.2, 0) is 0 Å². The highest BCUT2D eigenvalue weighted by Crippen LogP contribution is 2.38. The van der Waals surface area contributed by atoms with Gasteiger partial charge in [0.15, 0.2) is 0 Å². The second-order valence-corrected chi connectivity index (χ2v) is 4.38. The minimum atomic E-state index is -0.113. The molecule has 1 N–H and O–H groups in total. The van der Waals surface area contributed by atoms with E-state index in [-0.39, 0.29) is 5.56 Å². The SMILES string of the molecule is COc1ccc(-c2nc(C3CC3)cc(=O)[nH]2)cn1. The number of hydrogen-bond donors (Lipinski definition) is 1. The van der Waals surface area contributed by atoms with Gasteiger partial charge in [-0.15, -0.1) is 0 Å². The summed E-state index contributed by atoms with van der Waals surface area (Å²) in [6, 6.07) is 5.16. The number of ether oxygens (including phenoxy) is 1. The molecule has 92 valence electrons. The maximum absolute atomic E-state index is 11.6. The molecular formula is C13H13N3O2. The van der Waals surface area contributed by atoms with Crippen LogP contribution in [0.3, 0.4) is 0 Å². The molecule has 0 atom stereocenters. The molecule has 18 heavy (non-hydrogen) atoms. The molecular weight excluding hydrogens is 230 g/mol. The Morgan fingerprint density at radius 3 is 2.83 bits per heavy atom. The molecule has 2 aromatic rings. The smallest absolute Gasteiger partial charge is 0.251 e. The zero-order chi connectivity index (χ0) is 12.5. The van der Waals surface area contributed by atoms with Crippen LogP contribution in [0, 0.1) is 0 Å². The lowest BCUT2D eigenvalue weighted by Gasteiger charge is -2.04. The van der Waals surface area contributed by atoms with Crippen molar-refractivity contribution in [3.8, 4) is 17.3 Å². The van der Waals surface area contributed by atoms with Crippen LogP contribution in [0.2, 0.25) is 0 Å². The standard InChI is InChI=1S/C13H13N3O2/c1-18-12-5-4-9(7-14-12)13-15-10(8-2-3-8)6-11(17)16-13/h4-8H,2-3H2,1H3,(H,15,16,17). The molecule has 0 bridgehead atoms. The summed E-state index contributed by atoms with van der Waals surface area (Å²) in [5.74, 6) is 1.57. The number of rotatable bonds is 3. The average Bonchev–Trinajstić information content (AvgIpc) is 3.22. The van der Waals surface area contributed by atoms with E-state index < -0.39 is 0 Å². The monoisotopic (exact) mass is 243 g/mol. The maximum Gasteiger partial charge on any atom is 0.251 e. The molecule has 0 saturated heterocycles. The van der Waals surface area contributed by atoms with Crippen LogP contribution in [0.25, 0.3) is 11.4 Å². The summed E-state index contributed by atoms with van der Waals surface area (Å²) in [6.07, 6.45) is 3.89. The van der Waals surface area contributed by atoms with E-state index in [2.05, 4.69) is 15.0 Å². The van der Waals surface area contributed by atoms with Gasteiger partial charge in [0.2, 0.25) is 5.88 Å². The first kappa shape index (κ1) is 11.0. The van der Waals surface area contributed by atoms with Crippen LogP contribution in [-0.4, -0.2) is 22.1 Å². The molecule has 2 aromatic heterocycles. The Bertz CT molecular complexity index is 615. The van der Waals surface area contributed by atoms with Gasteiger partial charge in [-0.05, 0) is 18.9 Å². The van der Waals surface area contributed by atoms with Crippen molar-refractivity contribution in [1.29, 1.82) is 0 Å². The number of aromatic amines is 1. The summed E-state index contributed by atoms with van der Waals surface area (Å²) >= 11 is 0. The second kappa shape index (κ2) is 4.25. The van der Waals surface area contributed by atoms with E-state index in [1.54, 1.807) is 25.4 Å². The molecule has 0 amide bonds. The Kier molecular flexibility index (Phi) is 2.59. The van der Waals surface area contributed by atoms with E-state index in [0.29, 0.717) is 17.6 Å². The highest BCUT2D eigenvalue weighted by molar-refractivity contribution is 5.53. The van der Waals surface area contributed by atoms with Crippen LogP contribution < -0.4 is 10.3 Å². The molecule has 0 unspecified atom stereocenters. The number of aromatic nitrogens is 3. The Morgan fingerprint density at radius 2 is 2.22 bits per heavy atom. The predicted molar refractivity (Wildman–Crippen MR) is 66.6 cm³/mol. The molecule has 5 heteroatoms. The second-order valence-electron chi connectivity index (χ2n) is 4.38. The van der Waals surface area contributed by atoms with Gasteiger partial charge in [-0.2, -0.15) is 0 Å². The van der Waals surface area contributed by atoms with Crippen molar-refractivity contribution >= 4 is 0 Å². The quantitative estimate of drug-likeness (QED) is 0.891. The van der Waals surface area contributed by atoms with E-state index in [4.69, 9.17) is 4.74 Å². The molecule has 0 spiro atoms. The average molecular weight is 243 g/mol. The highest BCUT2D eigenvalue weighted by Gasteiger charge is 2.25. The van der Waals surface area contributed by atoms with Crippen molar-refractivity contribution in [3.05, 3.63) is 40.4 Å². The third-order valence-corrected chi connectivity index (χ3v) is 2.98. The summed E-state index contributed by atoms with van der Waals surface area (Å²) in [7, 11) is 1.57. The van der Waals surface area contributed by atoms with Crippen molar-refractivity contribution < 1.29 is 4.74 Å². The van der Waals surface area contributed by atoms with Crippen molar-refractivity contribution in [2.24, 2.45) is 0 Å². The van der Waals surface area contributed by atoms with Gasteiger partial charge in [-0.1, -0.05) is 0 Å². The van der Waals surface area contributed by atoms with Gasteiger partial charge in [0.25, 0.3) is 5.56 Å². The Labute approximate surface area is 104 Å². The first-order chi connectivity index (χ1) is 8.76. The van der Waals surface area contributed by atoms with Crippen LogP contribution in [0.1, 0.15) is 24.5 Å². The fraction of sp³-hybridized carbons (Fsp3) is 0.308. The van der Waals surface area contributed by atoms with Crippen molar-refractivity contribution in [2.75, 3.05) is 7.11 Å². The van der Waals surface area contributed by atoms with Crippen LogP contribution in [0.4, 0.5) is 0 Å². The Morgan fingerprint density at radius 1 is 1.39 bits per heavy atom. The van der Waals surface area contributed by atoms with Gasteiger partial charge in [0, 0.05) is 29.8 Å². The summed E-state index contributed by atoms with van der Waals surface area (Å²) in [6.45, 7) is 0. The lowest BCUT2D eigenvalue weighted by molar-refractivity contribution is 0.398. The predicted octanol–water partition coefficient (Wildman–Crippen LogP) is 1.72. The van der Waals surface area contributed by atoms with Gasteiger partial charge >= 0.3 is 0 Å². The number of pyridine rings is 1. The zero-order valence-corrected chi connectivity index (χ0v) is 10.0. The van der Waals surface area contributed by atoms with E-state index in [1.165, 1.54) is 0 Å². The van der Waals surface area contributed by atoms with Gasteiger partial charge in [-0.25, -0.2) is 9.97 Å². The van der Waals surface area contributed by atoms with E-state index in [1.807, 2.05) is 6.07 Å². The number of H-pyrrole nitrogens is 1. The van der Waals surface area contributed by atoms with Gasteiger partial charge in [0.1, 0.15) is 5.82 Å². The topological polar surface area (TPSA) is 67.9 Å². The molecule has 3 rings (SSSR count). The molecule has 1 fully saturated rings. The van der Waals surface area contributed by atoms with Crippen molar-refractivity contribution in [3.63, 3.8) is 0 Å². The highest BCUT2D eigenvalue weighted by atomic mass is 16.5. The molecule has 1 aliphatic rings. The van der Waals surface area contributed by atoms with E-state index >= 15 is 0 Å². The summed E-state index contributed by atoms with van der Waals surface area (Å²) in [5.41, 5.74) is 1.55. The maximum atomic E-state index is 11.6. The fourth-order valence-electron chi connectivity index (χ4n) is 1.84. The third kappa shape index (κ3) is 2.11. The molecule has 0 aliphatic heterocycles. The molecule has 1 saturated carbocycles. The Hall–Kier alpha value is -2.17. The molecule has 5 nitrogen and oxygen atoms in total. The van der Waals surface area contributed by atoms with Crippen LogP contribution in [0.5, 0.6) is 5.88 Å². The number of methoxy groups -OCH3 is 1. The number of nitrogens with one attached hydrogen (secondary N) is 1. The number of hydrogen-bond acceptors (Lipinski definition) is 4. The summed E-state index contributed by atoms with van der Waals surface area (Å²) < 4.78 is 5.00. The summed E-state index contributed by atoms with van der Waals surface area (Å²) in [4.78, 5) is 22.9. The normalized spacial score (nSPS) is 14.5. The molecule has 1 aliphatic carbocycles. The molecule has 2 heterocycles. The van der Waals surface area contributed by atoms with E-state index in [9.17, 15) is 4.79 Å². The first-order valence-electron chi connectivity index (χ1n) is 5.88. The largest absolute Gasteiger partial charge is 0.481 e. The molecule has 0 aromatic carbocycles. The number of nitrogens with zero attached hydrogens (tertiary/aromatic N) is 2. The minimum absolute atomic E-state index is 0.113. The van der Waals surface area contributed by atoms with Crippen molar-refractivity contribution in [1.82, 2.24) is 15.0 Å². The molecule has 0 radical (unpaired) electrons. The minimum Gasteiger partial charge on any atom is -0.481 e. The van der Waals surface area contributed by atoms with Gasteiger partial charge in [-0.3, -0.25) is 4.79 Å². The fourth-order valence-corrected chi connectivity index (χ4v) is 1.84. The van der Waals surface area contributed by atoms with Gasteiger partial charge < -0.3 is 9.72 Å². The van der Waals surface area contributed by atoms with Crippen LogP contribution >= 0.6 is 0 Å².